The van der Waals surface area contributed by atoms with Crippen LogP contribution in [0.2, 0.25) is 0 Å². The van der Waals surface area contributed by atoms with Crippen molar-refractivity contribution >= 4 is 34.0 Å². The fourth-order valence-corrected chi connectivity index (χ4v) is 7.88. The molecule has 4 aliphatic rings. The Balaban J connectivity index is 1.75. The van der Waals surface area contributed by atoms with Crippen LogP contribution in [0.1, 0.15) is 71.9 Å². The van der Waals surface area contributed by atoms with Crippen LogP contribution in [0.5, 0.6) is 17.2 Å². The van der Waals surface area contributed by atoms with Gasteiger partial charge < -0.3 is 30.9 Å². The molecule has 0 bridgehead atoms. The maximum absolute atomic E-state index is 14.2. The van der Waals surface area contributed by atoms with E-state index in [1.165, 1.54) is 13.2 Å². The SMILES string of the molecule is COc1cc(O)c2c(O)c3c(c4c2c1[C@]1(C4)C(C)=CCCC1(C)C)C(=O)[C@@H]1CC(O)=C(C(N)=O)C(=O)[C@]1(O)C3=O. The van der Waals surface area contributed by atoms with Crippen molar-refractivity contribution in [2.24, 2.45) is 17.1 Å². The van der Waals surface area contributed by atoms with Gasteiger partial charge in [-0.3, -0.25) is 19.2 Å². The number of Topliss-reactive ketones (excluding diaryl/α,β-unsaturated/α-hetero) is 3. The minimum atomic E-state index is -3.07. The van der Waals surface area contributed by atoms with Crippen molar-refractivity contribution in [2.45, 2.75) is 57.5 Å². The van der Waals surface area contributed by atoms with Crippen LogP contribution < -0.4 is 10.5 Å². The highest BCUT2D eigenvalue weighted by atomic mass is 16.5. The number of carbonyl (C=O) groups excluding carboxylic acids is 4. The molecule has 3 atom stereocenters. The minimum Gasteiger partial charge on any atom is -0.511 e. The van der Waals surface area contributed by atoms with Crippen LogP contribution in [0.3, 0.4) is 0 Å². The number of benzene rings is 2. The van der Waals surface area contributed by atoms with Crippen LogP contribution in [0.15, 0.2) is 29.0 Å². The van der Waals surface area contributed by atoms with Gasteiger partial charge in [0.1, 0.15) is 28.6 Å². The molecule has 40 heavy (non-hydrogen) atoms. The van der Waals surface area contributed by atoms with E-state index in [0.29, 0.717) is 22.3 Å². The molecule has 208 valence electrons. The average Bonchev–Trinajstić information content (AvgIpc) is 3.23. The lowest BCUT2D eigenvalue weighted by Crippen LogP contribution is -2.62. The zero-order valence-electron chi connectivity index (χ0n) is 22.5. The van der Waals surface area contributed by atoms with Crippen molar-refractivity contribution in [1.82, 2.24) is 0 Å². The number of hydrogen-bond acceptors (Lipinski definition) is 9. The number of methoxy groups -OCH3 is 1. The third-order valence-electron chi connectivity index (χ3n) is 9.88. The molecule has 1 amide bonds. The Morgan fingerprint density at radius 2 is 1.75 bits per heavy atom. The summed E-state index contributed by atoms with van der Waals surface area (Å²) >= 11 is 0. The molecule has 0 heterocycles. The van der Waals surface area contributed by atoms with Gasteiger partial charge in [0.25, 0.3) is 5.91 Å². The van der Waals surface area contributed by atoms with Crippen molar-refractivity contribution in [2.75, 3.05) is 7.11 Å². The van der Waals surface area contributed by atoms with Gasteiger partial charge in [-0.25, -0.2) is 0 Å². The first-order valence-corrected chi connectivity index (χ1v) is 13.0. The summed E-state index contributed by atoms with van der Waals surface area (Å²) in [4.78, 5) is 53.4. The van der Waals surface area contributed by atoms with E-state index in [9.17, 15) is 39.6 Å². The van der Waals surface area contributed by atoms with E-state index in [2.05, 4.69) is 19.9 Å². The number of fused-ring (bicyclic) bond motifs is 4. The van der Waals surface area contributed by atoms with Crippen LogP contribution in [0.25, 0.3) is 10.8 Å². The smallest absolute Gasteiger partial charge is 0.255 e. The van der Waals surface area contributed by atoms with E-state index in [0.717, 1.165) is 18.4 Å². The first-order valence-electron chi connectivity index (χ1n) is 13.0. The molecule has 10 heteroatoms. The van der Waals surface area contributed by atoms with Gasteiger partial charge in [0, 0.05) is 34.4 Å². The number of primary amides is 1. The van der Waals surface area contributed by atoms with Crippen LogP contribution >= 0.6 is 0 Å². The fourth-order valence-electron chi connectivity index (χ4n) is 7.88. The molecule has 1 spiro atoms. The monoisotopic (exact) mass is 547 g/mol. The van der Waals surface area contributed by atoms with Gasteiger partial charge in [0.05, 0.1) is 24.0 Å². The fraction of sp³-hybridized carbons (Fsp3) is 0.400. The Labute approximate surface area is 228 Å². The molecule has 2 aromatic rings. The minimum absolute atomic E-state index is 0.101. The average molecular weight is 548 g/mol. The van der Waals surface area contributed by atoms with Crippen molar-refractivity contribution in [3.63, 3.8) is 0 Å². The lowest BCUT2D eigenvalue weighted by molar-refractivity contribution is -0.136. The molecule has 0 unspecified atom stereocenters. The Morgan fingerprint density at radius 1 is 1.07 bits per heavy atom. The molecular formula is C30H29NO9. The Hall–Kier alpha value is -4.18. The molecule has 6 N–H and O–H groups in total. The number of hydrogen-bond donors (Lipinski definition) is 5. The summed E-state index contributed by atoms with van der Waals surface area (Å²) in [6.07, 6.45) is 3.28. The maximum atomic E-state index is 14.2. The van der Waals surface area contributed by atoms with Crippen molar-refractivity contribution in [3.05, 3.63) is 51.3 Å². The topological polar surface area (TPSA) is 184 Å². The predicted octanol–water partition coefficient (Wildman–Crippen LogP) is 2.82. The Bertz CT molecular complexity index is 1710. The summed E-state index contributed by atoms with van der Waals surface area (Å²) in [6, 6.07) is 1.35. The number of aliphatic hydroxyl groups excluding tert-OH is 1. The second kappa shape index (κ2) is 7.72. The number of aliphatic hydroxyl groups is 2. The number of ketones is 3. The first-order chi connectivity index (χ1) is 18.7. The van der Waals surface area contributed by atoms with E-state index in [-0.39, 0.29) is 22.8 Å². The highest BCUT2D eigenvalue weighted by Crippen LogP contribution is 2.65. The summed E-state index contributed by atoms with van der Waals surface area (Å²) in [5.41, 5.74) is 1.37. The summed E-state index contributed by atoms with van der Waals surface area (Å²) in [6.45, 7) is 6.18. The Kier molecular flexibility index (Phi) is 5.03. The largest absolute Gasteiger partial charge is 0.511 e. The number of ether oxygens (including phenoxy) is 1. The molecule has 10 nitrogen and oxygen atoms in total. The van der Waals surface area contributed by atoms with Crippen molar-refractivity contribution in [3.8, 4) is 17.2 Å². The second-order valence-corrected chi connectivity index (χ2v) is 11.9. The zero-order chi connectivity index (χ0) is 29.3. The predicted molar refractivity (Wildman–Crippen MR) is 142 cm³/mol. The zero-order valence-corrected chi connectivity index (χ0v) is 22.5. The number of rotatable bonds is 2. The van der Waals surface area contributed by atoms with Gasteiger partial charge in [-0.15, -0.1) is 0 Å². The number of aromatic hydroxyl groups is 2. The number of allylic oxidation sites excluding steroid dienone is 3. The molecule has 0 fully saturated rings. The van der Waals surface area contributed by atoms with Crippen LogP contribution in [0.4, 0.5) is 0 Å². The normalized spacial score (nSPS) is 28.6. The molecule has 0 radical (unpaired) electrons. The summed E-state index contributed by atoms with van der Waals surface area (Å²) in [7, 11) is 1.46. The summed E-state index contributed by atoms with van der Waals surface area (Å²) < 4.78 is 5.74. The second-order valence-electron chi connectivity index (χ2n) is 11.9. The lowest BCUT2D eigenvalue weighted by atomic mass is 9.54. The van der Waals surface area contributed by atoms with Crippen LogP contribution in [-0.2, 0) is 21.4 Å². The number of amides is 1. The van der Waals surface area contributed by atoms with E-state index < -0.39 is 75.0 Å². The van der Waals surface area contributed by atoms with Gasteiger partial charge >= 0.3 is 0 Å². The maximum Gasteiger partial charge on any atom is 0.255 e. The molecule has 2 aromatic carbocycles. The van der Waals surface area contributed by atoms with Crippen LogP contribution in [-0.4, -0.2) is 56.4 Å². The van der Waals surface area contributed by atoms with E-state index in [1.54, 1.807) is 0 Å². The third-order valence-corrected chi connectivity index (χ3v) is 9.88. The highest BCUT2D eigenvalue weighted by molar-refractivity contribution is 6.38. The van der Waals surface area contributed by atoms with Crippen LogP contribution in [0, 0.1) is 11.3 Å². The molecule has 0 aliphatic heterocycles. The molecule has 0 saturated heterocycles. The van der Waals surface area contributed by atoms with Crippen molar-refractivity contribution < 1.29 is 44.3 Å². The van der Waals surface area contributed by atoms with Crippen molar-refractivity contribution in [1.29, 1.82) is 0 Å². The molecule has 0 aromatic heterocycles. The molecule has 6 rings (SSSR count). The molecule has 0 saturated carbocycles. The number of phenols is 2. The number of nitrogens with two attached hydrogens (primary N) is 1. The molecule has 4 aliphatic carbocycles. The Morgan fingerprint density at radius 3 is 2.35 bits per heavy atom. The standard InChI is InChI=1S/C30H29NO9/c1-11-6-5-7-28(2,3)29(11)10-12-17-19(15(33)9-16(40-4)22(17)29)24(35)21-18(12)23(34)13-8-14(32)20(27(31)38)25(36)30(13,39)26(21)37/h6,9,13,32-33,35,39H,5,7-8,10H2,1-4H3,(H2,31,38)/t13-,29-,30-/m0/s1. The van der Waals surface area contributed by atoms with Gasteiger partial charge in [0.2, 0.25) is 17.2 Å². The quantitative estimate of drug-likeness (QED) is 0.214. The third kappa shape index (κ3) is 2.67. The highest BCUT2D eigenvalue weighted by Gasteiger charge is 2.64. The lowest BCUT2D eigenvalue weighted by Gasteiger charge is -2.49. The van der Waals surface area contributed by atoms with Gasteiger partial charge in [-0.2, -0.15) is 0 Å². The first kappa shape index (κ1) is 26.1. The van der Waals surface area contributed by atoms with E-state index >= 15 is 0 Å². The number of carbonyl (C=O) groups is 4. The molecular weight excluding hydrogens is 518 g/mol. The van der Waals surface area contributed by atoms with Gasteiger partial charge in [-0.1, -0.05) is 25.5 Å². The van der Waals surface area contributed by atoms with Gasteiger partial charge in [-0.05, 0) is 37.2 Å². The number of phenolic OH excluding ortho intramolecular Hbond substituents is 2. The van der Waals surface area contributed by atoms with E-state index in [4.69, 9.17) is 10.5 Å². The summed E-state index contributed by atoms with van der Waals surface area (Å²) in [5, 5.41) is 44.9. The van der Waals surface area contributed by atoms with E-state index in [1.807, 2.05) is 6.92 Å². The summed E-state index contributed by atoms with van der Waals surface area (Å²) in [5.74, 6) is -8.36. The van der Waals surface area contributed by atoms with Gasteiger partial charge in [0.15, 0.2) is 5.78 Å².